The quantitative estimate of drug-likeness (QED) is 0.903. The second kappa shape index (κ2) is 5.79. The van der Waals surface area contributed by atoms with E-state index < -0.39 is 9.84 Å². The zero-order valence-corrected chi connectivity index (χ0v) is 11.8. The SMILES string of the molecule is CCC(N)CS(=O)(=O)c1ccc2c(c1)OCCCO2. The lowest BCUT2D eigenvalue weighted by Crippen LogP contribution is -2.28. The molecule has 2 N–H and O–H groups in total. The van der Waals surface area contributed by atoms with Gasteiger partial charge >= 0.3 is 0 Å². The number of benzene rings is 1. The van der Waals surface area contributed by atoms with Crippen LogP contribution in [0.5, 0.6) is 11.5 Å². The van der Waals surface area contributed by atoms with E-state index in [1.807, 2.05) is 6.92 Å². The van der Waals surface area contributed by atoms with Gasteiger partial charge in [-0.3, -0.25) is 0 Å². The lowest BCUT2D eigenvalue weighted by Gasteiger charge is -2.12. The van der Waals surface area contributed by atoms with E-state index in [1.54, 1.807) is 12.1 Å². The van der Waals surface area contributed by atoms with E-state index >= 15 is 0 Å². The molecule has 0 radical (unpaired) electrons. The second-order valence-corrected chi connectivity index (χ2v) is 6.64. The molecule has 0 spiro atoms. The summed E-state index contributed by atoms with van der Waals surface area (Å²) in [5, 5.41) is 0. The predicted octanol–water partition coefficient (Wildman–Crippen LogP) is 1.36. The fraction of sp³-hybridized carbons (Fsp3) is 0.538. The molecule has 0 aliphatic carbocycles. The molecule has 5 nitrogen and oxygen atoms in total. The maximum Gasteiger partial charge on any atom is 0.180 e. The highest BCUT2D eigenvalue weighted by molar-refractivity contribution is 7.91. The minimum atomic E-state index is -3.38. The molecule has 0 saturated carbocycles. The van der Waals surface area contributed by atoms with Gasteiger partial charge in [0.2, 0.25) is 0 Å². The highest BCUT2D eigenvalue weighted by Crippen LogP contribution is 2.32. The van der Waals surface area contributed by atoms with Crippen molar-refractivity contribution in [1.82, 2.24) is 0 Å². The van der Waals surface area contributed by atoms with Crippen LogP contribution in [0.1, 0.15) is 19.8 Å². The van der Waals surface area contributed by atoms with Crippen LogP contribution in [0.2, 0.25) is 0 Å². The van der Waals surface area contributed by atoms with Gasteiger partial charge in [0.1, 0.15) is 0 Å². The third-order valence-electron chi connectivity index (χ3n) is 3.04. The summed E-state index contributed by atoms with van der Waals surface area (Å²) in [7, 11) is -3.38. The van der Waals surface area contributed by atoms with Crippen molar-refractivity contribution in [1.29, 1.82) is 0 Å². The Kier molecular flexibility index (Phi) is 4.31. The molecule has 0 aromatic heterocycles. The van der Waals surface area contributed by atoms with Gasteiger partial charge in [0, 0.05) is 18.5 Å². The fourth-order valence-electron chi connectivity index (χ4n) is 1.83. The van der Waals surface area contributed by atoms with Crippen LogP contribution in [-0.2, 0) is 9.84 Å². The summed E-state index contributed by atoms with van der Waals surface area (Å²) in [6, 6.07) is 4.37. The van der Waals surface area contributed by atoms with Gasteiger partial charge in [-0.1, -0.05) is 6.92 Å². The smallest absolute Gasteiger partial charge is 0.180 e. The lowest BCUT2D eigenvalue weighted by atomic mass is 10.3. The summed E-state index contributed by atoms with van der Waals surface area (Å²) in [6.45, 7) is 2.99. The second-order valence-electron chi connectivity index (χ2n) is 4.61. The molecule has 1 aromatic carbocycles. The molecular formula is C13H19NO4S. The van der Waals surface area contributed by atoms with E-state index in [0.29, 0.717) is 31.1 Å². The minimum Gasteiger partial charge on any atom is -0.490 e. The van der Waals surface area contributed by atoms with E-state index in [-0.39, 0.29) is 16.7 Å². The predicted molar refractivity (Wildman–Crippen MR) is 72.4 cm³/mol. The summed E-state index contributed by atoms with van der Waals surface area (Å²) in [6.07, 6.45) is 1.42. The van der Waals surface area contributed by atoms with Gasteiger partial charge in [0.05, 0.1) is 23.9 Å². The van der Waals surface area contributed by atoms with Crippen molar-refractivity contribution in [3.8, 4) is 11.5 Å². The first kappa shape index (κ1) is 14.1. The van der Waals surface area contributed by atoms with Gasteiger partial charge < -0.3 is 15.2 Å². The van der Waals surface area contributed by atoms with Crippen LogP contribution in [-0.4, -0.2) is 33.4 Å². The van der Waals surface area contributed by atoms with Gasteiger partial charge in [-0.2, -0.15) is 0 Å². The Bertz CT molecular complexity index is 542. The molecule has 0 fully saturated rings. The van der Waals surface area contributed by atoms with Gasteiger partial charge in [0.25, 0.3) is 0 Å². The lowest BCUT2D eigenvalue weighted by molar-refractivity contribution is 0.297. The van der Waals surface area contributed by atoms with E-state index in [2.05, 4.69) is 0 Å². The molecule has 19 heavy (non-hydrogen) atoms. The van der Waals surface area contributed by atoms with Crippen molar-refractivity contribution in [3.63, 3.8) is 0 Å². The number of nitrogens with two attached hydrogens (primary N) is 1. The van der Waals surface area contributed by atoms with Crippen LogP contribution < -0.4 is 15.2 Å². The molecule has 1 aliphatic heterocycles. The van der Waals surface area contributed by atoms with Crippen molar-refractivity contribution in [2.45, 2.75) is 30.7 Å². The van der Waals surface area contributed by atoms with Crippen LogP contribution in [0.4, 0.5) is 0 Å². The van der Waals surface area contributed by atoms with Crippen LogP contribution in [0.15, 0.2) is 23.1 Å². The van der Waals surface area contributed by atoms with Crippen molar-refractivity contribution >= 4 is 9.84 Å². The van der Waals surface area contributed by atoms with Crippen LogP contribution >= 0.6 is 0 Å². The first-order valence-electron chi connectivity index (χ1n) is 6.41. The molecule has 1 aromatic rings. The van der Waals surface area contributed by atoms with Crippen LogP contribution in [0.3, 0.4) is 0 Å². The maximum atomic E-state index is 12.2. The van der Waals surface area contributed by atoms with Crippen molar-refractivity contribution in [2.75, 3.05) is 19.0 Å². The zero-order valence-electron chi connectivity index (χ0n) is 11.0. The Morgan fingerprint density at radius 1 is 1.26 bits per heavy atom. The Morgan fingerprint density at radius 3 is 2.63 bits per heavy atom. The average Bonchev–Trinajstić information content (AvgIpc) is 2.62. The Balaban J connectivity index is 2.28. The number of hydrogen-bond donors (Lipinski definition) is 1. The molecule has 2 rings (SSSR count). The van der Waals surface area contributed by atoms with Crippen molar-refractivity contribution in [3.05, 3.63) is 18.2 Å². The number of fused-ring (bicyclic) bond motifs is 1. The molecule has 0 saturated heterocycles. The molecule has 1 atom stereocenters. The number of rotatable bonds is 4. The molecular weight excluding hydrogens is 266 g/mol. The Labute approximate surface area is 113 Å². The van der Waals surface area contributed by atoms with Crippen molar-refractivity contribution < 1.29 is 17.9 Å². The highest BCUT2D eigenvalue weighted by atomic mass is 32.2. The van der Waals surface area contributed by atoms with Gasteiger partial charge in [-0.15, -0.1) is 0 Å². The standard InChI is InChI=1S/C13H19NO4S/c1-2-10(14)9-19(15,16)11-4-5-12-13(8-11)18-7-3-6-17-12/h4-5,8,10H,2-3,6-7,9,14H2,1H3. The fourth-order valence-corrected chi connectivity index (χ4v) is 3.39. The largest absolute Gasteiger partial charge is 0.490 e. The summed E-state index contributed by atoms with van der Waals surface area (Å²) in [4.78, 5) is 0.237. The van der Waals surface area contributed by atoms with E-state index in [0.717, 1.165) is 6.42 Å². The molecule has 106 valence electrons. The van der Waals surface area contributed by atoms with Gasteiger partial charge in [-0.05, 0) is 18.6 Å². The Morgan fingerprint density at radius 2 is 1.95 bits per heavy atom. The molecule has 1 heterocycles. The van der Waals surface area contributed by atoms with Crippen LogP contribution in [0.25, 0.3) is 0 Å². The highest BCUT2D eigenvalue weighted by Gasteiger charge is 2.21. The Hall–Kier alpha value is -1.27. The van der Waals surface area contributed by atoms with E-state index in [4.69, 9.17) is 15.2 Å². The summed E-state index contributed by atoms with van der Waals surface area (Å²) in [5.74, 6) is 1.03. The molecule has 1 aliphatic rings. The number of ether oxygens (including phenoxy) is 2. The summed E-state index contributed by atoms with van der Waals surface area (Å²) in [5.41, 5.74) is 5.72. The van der Waals surface area contributed by atoms with Gasteiger partial charge in [-0.25, -0.2) is 8.42 Å². The molecule has 1 unspecified atom stereocenters. The topological polar surface area (TPSA) is 78.6 Å². The third-order valence-corrected chi connectivity index (χ3v) is 4.88. The molecule has 0 amide bonds. The van der Waals surface area contributed by atoms with E-state index in [9.17, 15) is 8.42 Å². The van der Waals surface area contributed by atoms with Gasteiger partial charge in [0.15, 0.2) is 21.3 Å². The first-order chi connectivity index (χ1) is 9.03. The maximum absolute atomic E-state index is 12.2. The molecule has 6 heteroatoms. The first-order valence-corrected chi connectivity index (χ1v) is 8.06. The van der Waals surface area contributed by atoms with E-state index in [1.165, 1.54) is 6.07 Å². The average molecular weight is 285 g/mol. The summed E-state index contributed by atoms with van der Waals surface area (Å²) < 4.78 is 35.4. The summed E-state index contributed by atoms with van der Waals surface area (Å²) >= 11 is 0. The minimum absolute atomic E-state index is 0.0524. The van der Waals surface area contributed by atoms with Crippen LogP contribution in [0, 0.1) is 0 Å². The molecule has 0 bridgehead atoms. The normalized spacial score (nSPS) is 16.7. The third kappa shape index (κ3) is 3.39. The van der Waals surface area contributed by atoms with Crippen molar-refractivity contribution in [2.24, 2.45) is 5.73 Å². The zero-order chi connectivity index (χ0) is 13.9. The number of hydrogen-bond acceptors (Lipinski definition) is 5. The monoisotopic (exact) mass is 285 g/mol. The number of sulfone groups is 1.